The molecule has 2 aromatic heterocycles. The van der Waals surface area contributed by atoms with E-state index in [4.69, 9.17) is 15.0 Å². The van der Waals surface area contributed by atoms with E-state index >= 15 is 0 Å². The molecule has 178 valence electrons. The number of hydrogen-bond donors (Lipinski definition) is 3. The van der Waals surface area contributed by atoms with Crippen LogP contribution in [0, 0.1) is 0 Å². The summed E-state index contributed by atoms with van der Waals surface area (Å²) in [4.78, 5) is 59.6. The van der Waals surface area contributed by atoms with Crippen LogP contribution in [0.15, 0.2) is 44.6 Å². The molecule has 2 atom stereocenters. The lowest BCUT2D eigenvalue weighted by molar-refractivity contribution is -0.150. The number of carbonyl (C=O) groups excluding carboxylic acids is 3. The molecule has 2 aliphatic rings. The van der Waals surface area contributed by atoms with Gasteiger partial charge in [0, 0.05) is 16.9 Å². The molecule has 0 aliphatic carbocycles. The number of carboxylic acid groups (broad SMARTS) is 1. The Hall–Kier alpha value is -3.30. The number of fused-ring (bicyclic) bond motifs is 1. The van der Waals surface area contributed by atoms with E-state index in [2.05, 4.69) is 15.5 Å². The number of carbonyl (C=O) groups is 4. The smallest absolute Gasteiger partial charge is 0.352 e. The van der Waals surface area contributed by atoms with Crippen LogP contribution >= 0.6 is 34.9 Å². The maximum atomic E-state index is 12.8. The second-order valence-corrected chi connectivity index (χ2v) is 9.81. The van der Waals surface area contributed by atoms with Crippen molar-refractivity contribution in [2.45, 2.75) is 11.4 Å². The summed E-state index contributed by atoms with van der Waals surface area (Å²) in [5, 5.41) is 16.8. The van der Waals surface area contributed by atoms with E-state index < -0.39 is 29.2 Å². The number of thiazole rings is 1. The highest BCUT2D eigenvalue weighted by Gasteiger charge is 2.54. The second kappa shape index (κ2) is 9.90. The summed E-state index contributed by atoms with van der Waals surface area (Å²) in [6, 6.07) is 2.13. The van der Waals surface area contributed by atoms with Gasteiger partial charge < -0.3 is 25.4 Å². The molecule has 12 nitrogen and oxygen atoms in total. The predicted octanol–water partition coefficient (Wildman–Crippen LogP) is 0.981. The monoisotopic (exact) mass is 523 g/mol. The first-order chi connectivity index (χ1) is 16.3. The van der Waals surface area contributed by atoms with Crippen molar-refractivity contribution in [1.82, 2.24) is 15.2 Å². The Bertz CT molecular complexity index is 1210. The molecule has 2 aliphatic heterocycles. The molecule has 0 bridgehead atoms. The summed E-state index contributed by atoms with van der Waals surface area (Å²) in [5.41, 5.74) is 5.89. The molecule has 1 unspecified atom stereocenters. The first-order valence-corrected chi connectivity index (χ1v) is 12.5. The number of carboxylic acids is 1. The molecule has 0 radical (unpaired) electrons. The number of amides is 2. The molecule has 34 heavy (non-hydrogen) atoms. The summed E-state index contributed by atoms with van der Waals surface area (Å²) >= 11 is 3.29. The average Bonchev–Trinajstić information content (AvgIpc) is 3.50. The van der Waals surface area contributed by atoms with Crippen LogP contribution in [0.25, 0.3) is 0 Å². The third kappa shape index (κ3) is 4.53. The lowest BCUT2D eigenvalue weighted by atomic mass is 10.0. The van der Waals surface area contributed by atoms with Crippen molar-refractivity contribution in [3.05, 3.63) is 46.5 Å². The number of aromatic nitrogens is 1. The number of nitrogen functional groups attached to an aromatic ring is 1. The molecule has 1 fully saturated rings. The molecule has 4 rings (SSSR count). The van der Waals surface area contributed by atoms with Gasteiger partial charge in [0.2, 0.25) is 0 Å². The number of nitrogens with two attached hydrogens (primary N) is 1. The maximum absolute atomic E-state index is 12.8. The first-order valence-electron chi connectivity index (χ1n) is 9.55. The highest BCUT2D eigenvalue weighted by atomic mass is 32.2. The standard InChI is InChI=1S/C19H17N5O7S3/c1-30-23-11(9-7-34-19(20)21-9)14(25)22-12-15(26)24-13(17(27)28)8(5-32-16(12)24)6-33-18(29)10-3-2-4-31-10/h2-4,7,12,16H,5-6H2,1H3,(H2,20,21)(H,22,25)(H,27,28)/t12?,16-/m1/s1. The van der Waals surface area contributed by atoms with Gasteiger partial charge in [-0.15, -0.1) is 23.1 Å². The van der Waals surface area contributed by atoms with Crippen molar-refractivity contribution < 1.29 is 33.5 Å². The maximum Gasteiger partial charge on any atom is 0.352 e. The minimum absolute atomic E-state index is 0.0809. The highest BCUT2D eigenvalue weighted by molar-refractivity contribution is 8.14. The minimum Gasteiger partial charge on any atom is -0.477 e. The number of rotatable bonds is 8. The Balaban J connectivity index is 1.47. The molecule has 2 amide bonds. The number of nitrogens with zero attached hydrogens (tertiary/aromatic N) is 3. The van der Waals surface area contributed by atoms with Crippen LogP contribution in [0.1, 0.15) is 16.2 Å². The van der Waals surface area contributed by atoms with Crippen molar-refractivity contribution in [2.24, 2.45) is 5.16 Å². The number of aliphatic carboxylic acids is 1. The van der Waals surface area contributed by atoms with Crippen LogP contribution in [0.2, 0.25) is 0 Å². The Labute approximate surface area is 204 Å². The Morgan fingerprint density at radius 2 is 2.26 bits per heavy atom. The van der Waals surface area contributed by atoms with E-state index in [1.54, 1.807) is 6.07 Å². The van der Waals surface area contributed by atoms with Crippen molar-refractivity contribution in [3.8, 4) is 0 Å². The van der Waals surface area contributed by atoms with Crippen LogP contribution in [0.5, 0.6) is 0 Å². The number of anilines is 1. The molecule has 4 heterocycles. The van der Waals surface area contributed by atoms with E-state index in [0.29, 0.717) is 5.57 Å². The minimum atomic E-state index is -1.29. The number of nitrogens with one attached hydrogen (secondary N) is 1. The Morgan fingerprint density at radius 3 is 2.88 bits per heavy atom. The molecular weight excluding hydrogens is 506 g/mol. The Kier molecular flexibility index (Phi) is 6.95. The van der Waals surface area contributed by atoms with Gasteiger partial charge in [0.25, 0.3) is 16.9 Å². The van der Waals surface area contributed by atoms with Crippen LogP contribution in [0.4, 0.5) is 5.13 Å². The highest BCUT2D eigenvalue weighted by Crippen LogP contribution is 2.41. The number of furan rings is 1. The van der Waals surface area contributed by atoms with E-state index in [1.807, 2.05) is 0 Å². The van der Waals surface area contributed by atoms with Gasteiger partial charge in [0.05, 0.1) is 6.26 Å². The molecule has 0 spiro atoms. The number of β-lactam (4-membered cyclic amide) rings is 1. The lowest BCUT2D eigenvalue weighted by Gasteiger charge is -2.49. The summed E-state index contributed by atoms with van der Waals surface area (Å²) in [5.74, 6) is -2.08. The van der Waals surface area contributed by atoms with Gasteiger partial charge in [-0.3, -0.25) is 19.3 Å². The molecule has 4 N–H and O–H groups in total. The predicted molar refractivity (Wildman–Crippen MR) is 125 cm³/mol. The fraction of sp³-hybridized carbons (Fsp3) is 0.263. The first kappa shape index (κ1) is 23.8. The lowest BCUT2D eigenvalue weighted by Crippen LogP contribution is -2.71. The number of thioether (sulfide) groups is 2. The van der Waals surface area contributed by atoms with Gasteiger partial charge in [0.15, 0.2) is 16.6 Å². The third-order valence-electron chi connectivity index (χ3n) is 4.80. The van der Waals surface area contributed by atoms with Crippen LogP contribution in [0.3, 0.4) is 0 Å². The van der Waals surface area contributed by atoms with Crippen LogP contribution in [-0.4, -0.2) is 73.6 Å². The van der Waals surface area contributed by atoms with Gasteiger partial charge in [0.1, 0.15) is 29.9 Å². The summed E-state index contributed by atoms with van der Waals surface area (Å²) in [6.07, 6.45) is 1.37. The normalized spacial score (nSPS) is 20.0. The van der Waals surface area contributed by atoms with Crippen molar-refractivity contribution >= 4 is 68.6 Å². The van der Waals surface area contributed by atoms with Crippen molar-refractivity contribution in [2.75, 3.05) is 24.3 Å². The fourth-order valence-electron chi connectivity index (χ4n) is 3.31. The quantitative estimate of drug-likeness (QED) is 0.255. The van der Waals surface area contributed by atoms with Gasteiger partial charge >= 0.3 is 5.97 Å². The van der Waals surface area contributed by atoms with Crippen LogP contribution in [-0.2, 0) is 19.2 Å². The zero-order chi connectivity index (χ0) is 24.4. The zero-order valence-electron chi connectivity index (χ0n) is 17.4. The van der Waals surface area contributed by atoms with Gasteiger partial charge in [-0.05, 0) is 17.7 Å². The SMILES string of the molecule is CON=C(C(=O)NC1C(=O)N2C(C(=O)O)=C(CSC(=O)c3ccco3)CS[C@H]12)c1csc(N)n1. The fourth-order valence-corrected chi connectivity index (χ4v) is 6.14. The molecule has 0 aromatic carbocycles. The molecule has 0 saturated carbocycles. The van der Waals surface area contributed by atoms with Gasteiger partial charge in [-0.25, -0.2) is 9.78 Å². The van der Waals surface area contributed by atoms with Gasteiger partial charge in [-0.1, -0.05) is 16.9 Å². The second-order valence-electron chi connectivity index (χ2n) is 6.87. The van der Waals surface area contributed by atoms with E-state index in [-0.39, 0.29) is 44.6 Å². The van der Waals surface area contributed by atoms with Crippen LogP contribution < -0.4 is 11.1 Å². The number of hydrogen-bond acceptors (Lipinski definition) is 12. The van der Waals surface area contributed by atoms with Gasteiger partial charge in [-0.2, -0.15) is 0 Å². The molecule has 15 heteroatoms. The molecule has 1 saturated heterocycles. The Morgan fingerprint density at radius 1 is 1.47 bits per heavy atom. The summed E-state index contributed by atoms with van der Waals surface area (Å²) < 4.78 is 5.05. The van der Waals surface area contributed by atoms with E-state index in [1.165, 1.54) is 36.6 Å². The topological polar surface area (TPSA) is 177 Å². The third-order valence-corrected chi connectivity index (χ3v) is 7.77. The molecular formula is C19H17N5O7S3. The zero-order valence-corrected chi connectivity index (χ0v) is 19.9. The van der Waals surface area contributed by atoms with Crippen molar-refractivity contribution in [1.29, 1.82) is 0 Å². The van der Waals surface area contributed by atoms with E-state index in [9.17, 15) is 24.3 Å². The number of oxime groups is 1. The van der Waals surface area contributed by atoms with Crippen molar-refractivity contribution in [3.63, 3.8) is 0 Å². The molecule has 2 aromatic rings. The largest absolute Gasteiger partial charge is 0.477 e. The summed E-state index contributed by atoms with van der Waals surface area (Å²) in [7, 11) is 1.26. The average molecular weight is 524 g/mol. The summed E-state index contributed by atoms with van der Waals surface area (Å²) in [6.45, 7) is 0. The van der Waals surface area contributed by atoms with E-state index in [0.717, 1.165) is 28.0 Å².